The highest BCUT2D eigenvalue weighted by atomic mass is 16.1. The lowest BCUT2D eigenvalue weighted by Crippen LogP contribution is -2.36. The van der Waals surface area contributed by atoms with E-state index in [9.17, 15) is 4.79 Å². The van der Waals surface area contributed by atoms with E-state index in [-0.39, 0.29) is 5.91 Å². The number of hydrogen-bond donors (Lipinski definition) is 1. The summed E-state index contributed by atoms with van der Waals surface area (Å²) in [4.78, 5) is 19.4. The molecule has 1 heterocycles. The van der Waals surface area contributed by atoms with Gasteiger partial charge in [-0.15, -0.1) is 0 Å². The molecule has 0 radical (unpaired) electrons. The van der Waals surface area contributed by atoms with Crippen LogP contribution in [0.1, 0.15) is 194 Å². The average molecular weight is 562 g/mol. The molecule has 4 nitrogen and oxygen atoms in total. The topological polar surface area (TPSA) is 44.7 Å². The quantitative estimate of drug-likeness (QED) is 0.0855. The zero-order chi connectivity index (χ0) is 28.8. The highest BCUT2D eigenvalue weighted by Crippen LogP contribution is 2.15. The van der Waals surface area contributed by atoms with Gasteiger partial charge in [0.2, 0.25) is 5.91 Å². The molecule has 0 aromatic carbocycles. The Morgan fingerprint density at radius 1 is 0.600 bits per heavy atom. The molecule has 0 aliphatic carbocycles. The number of amidine groups is 1. The molecule has 0 saturated heterocycles. The number of nitrogens with one attached hydrogen (secondary N) is 1. The number of carbonyl (C=O) groups excluding carboxylic acids is 1. The van der Waals surface area contributed by atoms with Gasteiger partial charge < -0.3 is 10.2 Å². The lowest BCUT2D eigenvalue weighted by Gasteiger charge is -2.20. The first kappa shape index (κ1) is 37.0. The van der Waals surface area contributed by atoms with E-state index < -0.39 is 0 Å². The molecule has 0 aromatic rings. The highest BCUT2D eigenvalue weighted by molar-refractivity contribution is 5.83. The Bertz CT molecular complexity index is 576. The molecule has 0 fully saturated rings. The van der Waals surface area contributed by atoms with Crippen LogP contribution in [-0.4, -0.2) is 42.8 Å². The fourth-order valence-corrected chi connectivity index (χ4v) is 6.03. The van der Waals surface area contributed by atoms with Crippen LogP contribution in [0, 0.1) is 0 Å². The van der Waals surface area contributed by atoms with Crippen LogP contribution in [0.25, 0.3) is 0 Å². The SMILES string of the molecule is CCCCCCCCCCCCCCCC(=O)NCCN1CCN=C1CCCCCCCCCCCCCCC. The summed E-state index contributed by atoms with van der Waals surface area (Å²) in [5, 5.41) is 3.16. The third-order valence-electron chi connectivity index (χ3n) is 8.74. The van der Waals surface area contributed by atoms with Gasteiger partial charge in [0.25, 0.3) is 0 Å². The molecule has 1 aliphatic rings. The van der Waals surface area contributed by atoms with Crippen molar-refractivity contribution in [2.75, 3.05) is 26.2 Å². The number of carbonyl (C=O) groups is 1. The summed E-state index contributed by atoms with van der Waals surface area (Å²) in [6.45, 7) is 8.22. The molecule has 0 atom stereocenters. The third kappa shape index (κ3) is 23.6. The van der Waals surface area contributed by atoms with E-state index in [1.807, 2.05) is 0 Å². The lowest BCUT2D eigenvalue weighted by molar-refractivity contribution is -0.121. The van der Waals surface area contributed by atoms with Crippen molar-refractivity contribution < 1.29 is 4.79 Å². The molecular formula is C36H71N3O. The van der Waals surface area contributed by atoms with Crippen LogP contribution in [0.5, 0.6) is 0 Å². The van der Waals surface area contributed by atoms with Gasteiger partial charge in [-0.05, 0) is 12.8 Å². The number of amides is 1. The molecule has 40 heavy (non-hydrogen) atoms. The summed E-state index contributed by atoms with van der Waals surface area (Å²) in [5.41, 5.74) is 0. The van der Waals surface area contributed by atoms with E-state index >= 15 is 0 Å². The molecule has 4 heteroatoms. The normalized spacial score (nSPS) is 13.2. The van der Waals surface area contributed by atoms with E-state index in [2.05, 4.69) is 24.1 Å². The fourth-order valence-electron chi connectivity index (χ4n) is 6.03. The summed E-state index contributed by atoms with van der Waals surface area (Å²) in [5.74, 6) is 1.52. The van der Waals surface area contributed by atoms with Crippen molar-refractivity contribution in [1.82, 2.24) is 10.2 Å². The smallest absolute Gasteiger partial charge is 0.220 e. The van der Waals surface area contributed by atoms with Crippen molar-refractivity contribution in [3.63, 3.8) is 0 Å². The van der Waals surface area contributed by atoms with Gasteiger partial charge in [-0.25, -0.2) is 0 Å². The molecule has 1 amide bonds. The Kier molecular flexibility index (Phi) is 27.2. The molecule has 236 valence electrons. The average Bonchev–Trinajstić information content (AvgIpc) is 3.41. The summed E-state index contributed by atoms with van der Waals surface area (Å²) in [6, 6.07) is 0. The van der Waals surface area contributed by atoms with Crippen LogP contribution >= 0.6 is 0 Å². The number of rotatable bonds is 31. The minimum atomic E-state index is 0.234. The van der Waals surface area contributed by atoms with Gasteiger partial charge in [0.15, 0.2) is 0 Å². The third-order valence-corrected chi connectivity index (χ3v) is 8.74. The monoisotopic (exact) mass is 562 g/mol. The maximum absolute atomic E-state index is 12.2. The Morgan fingerprint density at radius 2 is 1.00 bits per heavy atom. The van der Waals surface area contributed by atoms with Crippen molar-refractivity contribution in [3.8, 4) is 0 Å². The zero-order valence-electron chi connectivity index (χ0n) is 27.4. The predicted molar refractivity (Wildman–Crippen MR) is 178 cm³/mol. The van der Waals surface area contributed by atoms with Crippen LogP contribution < -0.4 is 5.32 Å². The molecule has 1 N–H and O–H groups in total. The van der Waals surface area contributed by atoms with Crippen molar-refractivity contribution >= 4 is 11.7 Å². The lowest BCUT2D eigenvalue weighted by atomic mass is 10.0. The van der Waals surface area contributed by atoms with Crippen LogP contribution in [-0.2, 0) is 4.79 Å². The Balaban J connectivity index is 1.87. The summed E-state index contributed by atoms with van der Waals surface area (Å²) < 4.78 is 0. The van der Waals surface area contributed by atoms with Crippen LogP contribution in [0.2, 0.25) is 0 Å². The molecule has 1 aliphatic heterocycles. The highest BCUT2D eigenvalue weighted by Gasteiger charge is 2.16. The second-order valence-electron chi connectivity index (χ2n) is 12.6. The van der Waals surface area contributed by atoms with Gasteiger partial charge in [-0.3, -0.25) is 9.79 Å². The van der Waals surface area contributed by atoms with E-state index in [1.165, 1.54) is 166 Å². The van der Waals surface area contributed by atoms with E-state index in [0.29, 0.717) is 6.42 Å². The Labute approximate surface area is 251 Å². The minimum absolute atomic E-state index is 0.234. The van der Waals surface area contributed by atoms with E-state index in [4.69, 9.17) is 4.99 Å². The maximum atomic E-state index is 12.2. The van der Waals surface area contributed by atoms with Crippen LogP contribution in [0.4, 0.5) is 0 Å². The molecule has 0 spiro atoms. The Hall–Kier alpha value is -1.06. The van der Waals surface area contributed by atoms with Gasteiger partial charge in [0, 0.05) is 32.5 Å². The van der Waals surface area contributed by atoms with Crippen LogP contribution in [0.3, 0.4) is 0 Å². The first-order chi connectivity index (χ1) is 19.8. The fraction of sp³-hybridized carbons (Fsp3) is 0.944. The van der Waals surface area contributed by atoms with Gasteiger partial charge >= 0.3 is 0 Å². The van der Waals surface area contributed by atoms with Crippen molar-refractivity contribution in [3.05, 3.63) is 0 Å². The van der Waals surface area contributed by atoms with Gasteiger partial charge in [-0.1, -0.05) is 168 Å². The summed E-state index contributed by atoms with van der Waals surface area (Å²) in [7, 11) is 0. The van der Waals surface area contributed by atoms with Crippen LogP contribution in [0.15, 0.2) is 4.99 Å². The second-order valence-corrected chi connectivity index (χ2v) is 12.6. The Morgan fingerprint density at radius 3 is 1.45 bits per heavy atom. The number of hydrogen-bond acceptors (Lipinski definition) is 3. The van der Waals surface area contributed by atoms with E-state index in [1.54, 1.807) is 0 Å². The molecular weight excluding hydrogens is 490 g/mol. The van der Waals surface area contributed by atoms with Gasteiger partial charge in [0.1, 0.15) is 0 Å². The van der Waals surface area contributed by atoms with E-state index in [0.717, 1.165) is 39.0 Å². The number of unbranched alkanes of at least 4 members (excludes halogenated alkanes) is 24. The van der Waals surface area contributed by atoms with Crippen molar-refractivity contribution in [2.24, 2.45) is 4.99 Å². The molecule has 0 unspecified atom stereocenters. The zero-order valence-corrected chi connectivity index (χ0v) is 27.4. The largest absolute Gasteiger partial charge is 0.357 e. The van der Waals surface area contributed by atoms with Gasteiger partial charge in [0.05, 0.1) is 12.4 Å². The maximum Gasteiger partial charge on any atom is 0.220 e. The van der Waals surface area contributed by atoms with Crippen molar-refractivity contribution in [1.29, 1.82) is 0 Å². The standard InChI is InChI=1S/C36H71N3O/c1-3-5-7-9-11-13-15-17-19-21-23-25-27-29-35-37-31-33-39(35)34-32-38-36(40)30-28-26-24-22-20-18-16-14-12-10-8-6-4-2/h3-34H2,1-2H3,(H,38,40). The number of aliphatic imine (C=N–C) groups is 1. The summed E-state index contributed by atoms with van der Waals surface area (Å²) >= 11 is 0. The predicted octanol–water partition coefficient (Wildman–Crippen LogP) is 10.8. The second kappa shape index (κ2) is 29.4. The molecule has 1 rings (SSSR count). The molecule has 0 bridgehead atoms. The number of nitrogens with zero attached hydrogens (tertiary/aromatic N) is 2. The first-order valence-electron chi connectivity index (χ1n) is 18.3. The molecule has 0 saturated carbocycles. The van der Waals surface area contributed by atoms with Gasteiger partial charge in [-0.2, -0.15) is 0 Å². The van der Waals surface area contributed by atoms with Crippen molar-refractivity contribution in [2.45, 2.75) is 194 Å². The summed E-state index contributed by atoms with van der Waals surface area (Å²) in [6.07, 6.45) is 37.5. The minimum Gasteiger partial charge on any atom is -0.357 e. The molecule has 0 aromatic heterocycles. The first-order valence-corrected chi connectivity index (χ1v) is 18.3.